The van der Waals surface area contributed by atoms with Crippen LogP contribution in [0.5, 0.6) is 0 Å². The number of halogens is 2. The lowest BCUT2D eigenvalue weighted by atomic mass is 10.2. The van der Waals surface area contributed by atoms with E-state index >= 15 is 0 Å². The van der Waals surface area contributed by atoms with E-state index in [0.29, 0.717) is 32.0 Å². The van der Waals surface area contributed by atoms with E-state index in [4.69, 9.17) is 0 Å². The fraction of sp³-hybridized carbons (Fsp3) is 0.350. The van der Waals surface area contributed by atoms with Crippen molar-refractivity contribution >= 4 is 51.8 Å². The number of guanidine groups is 1. The Morgan fingerprint density at radius 3 is 2.61 bits per heavy atom. The molecule has 28 heavy (non-hydrogen) atoms. The summed E-state index contributed by atoms with van der Waals surface area (Å²) in [5, 5.41) is 6.39. The highest BCUT2D eigenvalue weighted by atomic mass is 127. The molecule has 8 heteroatoms. The number of carbonyl (C=O) groups excluding carboxylic acids is 1. The third kappa shape index (κ3) is 8.55. The molecular formula is C20H27BrIN5O. The molecule has 2 N–H and O–H groups in total. The zero-order chi connectivity index (χ0) is 19.5. The third-order valence-corrected chi connectivity index (χ3v) is 4.67. The van der Waals surface area contributed by atoms with Gasteiger partial charge in [-0.15, -0.1) is 24.0 Å². The number of carbonyl (C=O) groups is 1. The Bertz CT molecular complexity index is 757. The number of aliphatic imine (C=N–C) groups is 1. The Labute approximate surface area is 192 Å². The monoisotopic (exact) mass is 559 g/mol. The second kappa shape index (κ2) is 13.5. The maximum absolute atomic E-state index is 12.4. The van der Waals surface area contributed by atoms with Crippen molar-refractivity contribution in [1.82, 2.24) is 20.5 Å². The topological polar surface area (TPSA) is 69.6 Å². The first kappa shape index (κ1) is 24.4. The van der Waals surface area contributed by atoms with Gasteiger partial charge < -0.3 is 15.5 Å². The van der Waals surface area contributed by atoms with Crippen LogP contribution in [0.1, 0.15) is 24.6 Å². The Morgan fingerprint density at radius 2 is 1.93 bits per heavy atom. The number of hydrogen-bond donors (Lipinski definition) is 2. The lowest BCUT2D eigenvalue weighted by Crippen LogP contribution is -2.39. The molecule has 6 nitrogen and oxygen atoms in total. The van der Waals surface area contributed by atoms with Gasteiger partial charge in [0, 0.05) is 43.8 Å². The molecule has 0 atom stereocenters. The molecule has 0 saturated carbocycles. The highest BCUT2D eigenvalue weighted by Crippen LogP contribution is 2.17. The first-order chi connectivity index (χ1) is 13.1. The summed E-state index contributed by atoms with van der Waals surface area (Å²) < 4.78 is 1.01. The van der Waals surface area contributed by atoms with E-state index in [0.717, 1.165) is 22.3 Å². The molecule has 2 rings (SSSR count). The highest BCUT2D eigenvalue weighted by molar-refractivity contribution is 14.0. The van der Waals surface area contributed by atoms with Gasteiger partial charge in [-0.05, 0) is 30.7 Å². The molecule has 1 heterocycles. The minimum absolute atomic E-state index is 0. The number of hydrogen-bond acceptors (Lipinski definition) is 3. The zero-order valence-electron chi connectivity index (χ0n) is 16.2. The Hall–Kier alpha value is -1.68. The van der Waals surface area contributed by atoms with Gasteiger partial charge in [0.05, 0.1) is 12.2 Å². The predicted octanol–water partition coefficient (Wildman–Crippen LogP) is 3.57. The fourth-order valence-corrected chi connectivity index (χ4v) is 2.85. The smallest absolute Gasteiger partial charge is 0.224 e. The van der Waals surface area contributed by atoms with Crippen molar-refractivity contribution in [2.75, 3.05) is 20.1 Å². The maximum Gasteiger partial charge on any atom is 0.224 e. The average Bonchev–Trinajstić information content (AvgIpc) is 2.68. The van der Waals surface area contributed by atoms with Gasteiger partial charge in [0.1, 0.15) is 0 Å². The van der Waals surface area contributed by atoms with Gasteiger partial charge in [-0.1, -0.05) is 40.2 Å². The van der Waals surface area contributed by atoms with Crippen LogP contribution in [0.15, 0.2) is 58.1 Å². The Morgan fingerprint density at radius 1 is 1.18 bits per heavy atom. The van der Waals surface area contributed by atoms with Crippen molar-refractivity contribution in [3.8, 4) is 0 Å². The Kier molecular flexibility index (Phi) is 11.7. The van der Waals surface area contributed by atoms with Crippen LogP contribution in [0.2, 0.25) is 0 Å². The van der Waals surface area contributed by atoms with Crippen LogP contribution in [-0.2, 0) is 17.9 Å². The van der Waals surface area contributed by atoms with E-state index in [1.807, 2.05) is 56.4 Å². The molecule has 0 aliphatic rings. The summed E-state index contributed by atoms with van der Waals surface area (Å²) >= 11 is 3.52. The summed E-state index contributed by atoms with van der Waals surface area (Å²) in [6.45, 7) is 4.35. The van der Waals surface area contributed by atoms with Crippen LogP contribution in [0.3, 0.4) is 0 Å². The molecule has 0 radical (unpaired) electrons. The molecule has 0 spiro atoms. The van der Waals surface area contributed by atoms with Gasteiger partial charge in [0.15, 0.2) is 5.96 Å². The molecule has 152 valence electrons. The molecule has 1 amide bonds. The molecule has 2 aromatic rings. The normalized spacial score (nSPS) is 10.8. The average molecular weight is 560 g/mol. The van der Waals surface area contributed by atoms with Crippen molar-refractivity contribution in [3.05, 3.63) is 64.4 Å². The van der Waals surface area contributed by atoms with Gasteiger partial charge >= 0.3 is 0 Å². The van der Waals surface area contributed by atoms with E-state index in [-0.39, 0.29) is 29.9 Å². The van der Waals surface area contributed by atoms with Crippen molar-refractivity contribution in [3.63, 3.8) is 0 Å². The molecule has 0 saturated heterocycles. The maximum atomic E-state index is 12.4. The summed E-state index contributed by atoms with van der Waals surface area (Å²) in [6, 6.07) is 13.7. The molecular weight excluding hydrogens is 533 g/mol. The summed E-state index contributed by atoms with van der Waals surface area (Å²) in [7, 11) is 1.82. The highest BCUT2D eigenvalue weighted by Gasteiger charge is 2.11. The van der Waals surface area contributed by atoms with E-state index in [1.54, 1.807) is 11.1 Å². The number of rotatable bonds is 8. The molecule has 1 aromatic heterocycles. The van der Waals surface area contributed by atoms with E-state index < -0.39 is 0 Å². The van der Waals surface area contributed by atoms with Crippen molar-refractivity contribution in [1.29, 1.82) is 0 Å². The third-order valence-electron chi connectivity index (χ3n) is 3.89. The summed E-state index contributed by atoms with van der Waals surface area (Å²) in [5.74, 6) is 0.767. The van der Waals surface area contributed by atoms with Crippen LogP contribution >= 0.6 is 39.9 Å². The first-order valence-corrected chi connectivity index (χ1v) is 9.79. The lowest BCUT2D eigenvalue weighted by molar-refractivity contribution is -0.130. The van der Waals surface area contributed by atoms with Gasteiger partial charge in [0.25, 0.3) is 0 Å². The number of amides is 1. The van der Waals surface area contributed by atoms with Crippen molar-refractivity contribution in [2.45, 2.75) is 26.4 Å². The van der Waals surface area contributed by atoms with E-state index in [2.05, 4.69) is 36.5 Å². The molecule has 0 aliphatic carbocycles. The predicted molar refractivity (Wildman–Crippen MR) is 128 cm³/mol. The van der Waals surface area contributed by atoms with Crippen LogP contribution in [-0.4, -0.2) is 41.9 Å². The van der Waals surface area contributed by atoms with Crippen LogP contribution in [0, 0.1) is 0 Å². The van der Waals surface area contributed by atoms with Crippen LogP contribution in [0.25, 0.3) is 0 Å². The first-order valence-electron chi connectivity index (χ1n) is 8.99. The van der Waals surface area contributed by atoms with Crippen molar-refractivity contribution < 1.29 is 4.79 Å². The number of aromatic nitrogens is 1. The second-order valence-corrected chi connectivity index (χ2v) is 6.89. The van der Waals surface area contributed by atoms with Gasteiger partial charge in [0.2, 0.25) is 5.91 Å². The number of benzene rings is 1. The molecule has 0 fully saturated rings. The van der Waals surface area contributed by atoms with Crippen molar-refractivity contribution in [2.24, 2.45) is 4.99 Å². The summed E-state index contributed by atoms with van der Waals surface area (Å²) in [5.41, 5.74) is 1.99. The van der Waals surface area contributed by atoms with E-state index in [1.165, 1.54) is 0 Å². The van der Waals surface area contributed by atoms with Gasteiger partial charge in [-0.2, -0.15) is 0 Å². The Balaban J connectivity index is 0.00000392. The minimum Gasteiger partial charge on any atom is -0.357 e. The molecule has 0 aliphatic heterocycles. The quantitative estimate of drug-likeness (QED) is 0.295. The van der Waals surface area contributed by atoms with Crippen LogP contribution < -0.4 is 10.6 Å². The van der Waals surface area contributed by atoms with Gasteiger partial charge in [-0.3, -0.25) is 9.78 Å². The van der Waals surface area contributed by atoms with Gasteiger partial charge in [-0.25, -0.2) is 4.99 Å². The zero-order valence-corrected chi connectivity index (χ0v) is 20.1. The molecule has 1 aromatic carbocycles. The number of pyridine rings is 1. The summed E-state index contributed by atoms with van der Waals surface area (Å²) in [4.78, 5) is 22.9. The minimum atomic E-state index is 0. The fourth-order valence-electron chi connectivity index (χ4n) is 2.44. The number of nitrogens with zero attached hydrogens (tertiary/aromatic N) is 3. The lowest BCUT2D eigenvalue weighted by Gasteiger charge is -2.19. The second-order valence-electron chi connectivity index (χ2n) is 6.03. The van der Waals surface area contributed by atoms with Crippen LogP contribution in [0.4, 0.5) is 0 Å². The van der Waals surface area contributed by atoms with E-state index in [9.17, 15) is 4.79 Å². The molecule has 0 unspecified atom stereocenters. The standard InChI is InChI=1S/C20H26BrN5O.HI/c1-3-22-20(25-14-17-9-6-7-12-23-17)24-13-11-19(27)26(2)15-16-8-4-5-10-18(16)21;/h4-10,12H,3,11,13-15H2,1-2H3,(H2,22,24,25);1H. The largest absolute Gasteiger partial charge is 0.357 e. The molecule has 0 bridgehead atoms. The number of nitrogens with one attached hydrogen (secondary N) is 2. The SMILES string of the molecule is CCNC(=NCc1ccccn1)NCCC(=O)N(C)Cc1ccccc1Br.I. The summed E-state index contributed by atoms with van der Waals surface area (Å²) in [6.07, 6.45) is 2.15.